The smallest absolute Gasteiger partial charge is 0.303 e. The highest BCUT2D eigenvalue weighted by atomic mass is 35.5. The van der Waals surface area contributed by atoms with Crippen LogP contribution < -0.4 is 4.90 Å². The summed E-state index contributed by atoms with van der Waals surface area (Å²) in [6.07, 6.45) is 5.80. The van der Waals surface area contributed by atoms with Gasteiger partial charge in [-0.2, -0.15) is 0 Å². The van der Waals surface area contributed by atoms with E-state index in [1.807, 2.05) is 6.08 Å². The highest BCUT2D eigenvalue weighted by Gasteiger charge is 2.67. The predicted octanol–water partition coefficient (Wildman–Crippen LogP) is 5.79. The summed E-state index contributed by atoms with van der Waals surface area (Å²) in [5.41, 5.74) is 0.516. The van der Waals surface area contributed by atoms with Crippen LogP contribution >= 0.6 is 11.6 Å². The first-order valence-electron chi connectivity index (χ1n) is 15.9. The second-order valence-electron chi connectivity index (χ2n) is 13.1. The van der Waals surface area contributed by atoms with E-state index in [9.17, 15) is 33.5 Å². The van der Waals surface area contributed by atoms with Crippen molar-refractivity contribution < 1.29 is 38.6 Å². The van der Waals surface area contributed by atoms with Crippen molar-refractivity contribution in [3.8, 4) is 5.75 Å². The number of allylic oxidation sites excluding steroid dienone is 3. The van der Waals surface area contributed by atoms with Crippen molar-refractivity contribution in [2.75, 3.05) is 11.4 Å². The van der Waals surface area contributed by atoms with Crippen LogP contribution in [-0.2, 0) is 30.4 Å². The molecule has 11 heteroatoms. The van der Waals surface area contributed by atoms with E-state index in [2.05, 4.69) is 6.58 Å². The Bertz CT molecular complexity index is 1740. The normalized spacial score (nSPS) is 28.2. The molecule has 0 spiro atoms. The number of likely N-dealkylation sites (tertiary alicyclic amines) is 1. The number of para-hydroxylation sites is 1. The van der Waals surface area contributed by atoms with Crippen LogP contribution in [0.25, 0.3) is 0 Å². The van der Waals surface area contributed by atoms with Gasteiger partial charge in [0.2, 0.25) is 23.6 Å². The van der Waals surface area contributed by atoms with Crippen LogP contribution in [0, 0.1) is 34.9 Å². The molecule has 6 rings (SSSR count). The third kappa shape index (κ3) is 5.17. The summed E-state index contributed by atoms with van der Waals surface area (Å²) in [5.74, 6) is -6.92. The number of anilines is 1. The predicted molar refractivity (Wildman–Crippen MR) is 171 cm³/mol. The van der Waals surface area contributed by atoms with Gasteiger partial charge in [-0.3, -0.25) is 28.9 Å². The zero-order chi connectivity index (χ0) is 33.8. The first-order valence-corrected chi connectivity index (χ1v) is 16.3. The Labute approximate surface area is 276 Å². The number of phenolic OH excluding ortho intramolecular Hbond substituents is 1. The van der Waals surface area contributed by atoms with Crippen molar-refractivity contribution in [1.29, 1.82) is 0 Å². The molecule has 2 aromatic rings. The molecule has 0 aromatic heterocycles. The van der Waals surface area contributed by atoms with Crippen molar-refractivity contribution >= 4 is 46.9 Å². The second-order valence-corrected chi connectivity index (χ2v) is 13.5. The molecule has 2 aliphatic carbocycles. The molecule has 4 amide bonds. The number of aliphatic carboxylic acids is 1. The Kier molecular flexibility index (Phi) is 8.59. The molecular formula is C36H36ClFN2O7. The third-order valence-corrected chi connectivity index (χ3v) is 10.9. The Morgan fingerprint density at radius 3 is 2.55 bits per heavy atom. The molecule has 4 aliphatic rings. The molecule has 2 N–H and O–H groups in total. The van der Waals surface area contributed by atoms with Crippen molar-refractivity contribution in [3.63, 3.8) is 0 Å². The number of unbranched alkanes of at least 4 members (excludes halogenated alkanes) is 2. The SMILES string of the molecule is C=CCc1cccc([C@H]2C3=CC[C@@H]4C(=O)N(CCCCCC(=O)O)C(=O)[C@@H]4[C@@H]3C[C@H]3C(=O)N(c4ccc(F)c(Cl)c4)C(=O)[C@@]23C)c1O. The summed E-state index contributed by atoms with van der Waals surface area (Å²) in [6.45, 7) is 5.67. The average Bonchev–Trinajstić information content (AvgIpc) is 3.39. The first kappa shape index (κ1) is 32.6. The monoisotopic (exact) mass is 662 g/mol. The Morgan fingerprint density at radius 1 is 1.09 bits per heavy atom. The van der Waals surface area contributed by atoms with E-state index in [0.29, 0.717) is 36.8 Å². The summed E-state index contributed by atoms with van der Waals surface area (Å²) < 4.78 is 14.1. The third-order valence-electron chi connectivity index (χ3n) is 10.6. The molecule has 9 nitrogen and oxygen atoms in total. The minimum Gasteiger partial charge on any atom is -0.507 e. The van der Waals surface area contributed by atoms with Gasteiger partial charge in [0.1, 0.15) is 11.6 Å². The Hall–Kier alpha value is -4.31. The molecule has 47 heavy (non-hydrogen) atoms. The molecule has 2 aromatic carbocycles. The lowest BCUT2D eigenvalue weighted by atomic mass is 9.51. The summed E-state index contributed by atoms with van der Waals surface area (Å²) in [5, 5.41) is 20.3. The number of halogens is 2. The molecule has 246 valence electrons. The molecule has 2 aliphatic heterocycles. The number of phenols is 1. The standard InChI is InChI=1S/C36H36ClFN2O7/c1-3-8-19-9-7-10-23(31(19)43)30-21-13-14-22-29(34(46)39(32(22)44)16-6-4-5-11-28(41)42)24(21)18-25-33(45)40(35(47)36(25,30)2)20-12-15-27(38)26(37)17-20/h3,7,9-10,12-13,15,17,22,24-25,29-30,43H,1,4-6,8,11,14,16,18H2,2H3,(H,41,42)/t22-,24+,25-,29-,30+,36+/m0/s1. The molecule has 6 atom stereocenters. The summed E-state index contributed by atoms with van der Waals surface area (Å²) in [7, 11) is 0. The van der Waals surface area contributed by atoms with E-state index in [4.69, 9.17) is 16.7 Å². The number of carbonyl (C=O) groups is 5. The molecule has 0 radical (unpaired) electrons. The summed E-state index contributed by atoms with van der Waals surface area (Å²) in [6, 6.07) is 8.91. The fourth-order valence-electron chi connectivity index (χ4n) is 8.40. The van der Waals surface area contributed by atoms with E-state index >= 15 is 0 Å². The maximum absolute atomic E-state index is 14.5. The zero-order valence-electron chi connectivity index (χ0n) is 26.0. The van der Waals surface area contributed by atoms with Gasteiger partial charge in [-0.05, 0) is 68.7 Å². The first-order chi connectivity index (χ1) is 22.4. The van der Waals surface area contributed by atoms with Crippen LogP contribution in [0.4, 0.5) is 10.1 Å². The van der Waals surface area contributed by atoms with Crippen LogP contribution in [0.2, 0.25) is 5.02 Å². The molecule has 0 bridgehead atoms. The zero-order valence-corrected chi connectivity index (χ0v) is 26.7. The van der Waals surface area contributed by atoms with E-state index < -0.39 is 58.6 Å². The van der Waals surface area contributed by atoms with Gasteiger partial charge in [0, 0.05) is 24.4 Å². The topological polar surface area (TPSA) is 132 Å². The Balaban J connectivity index is 1.42. The van der Waals surface area contributed by atoms with Crippen molar-refractivity contribution in [2.45, 2.75) is 57.8 Å². The molecular weight excluding hydrogens is 627 g/mol. The number of benzene rings is 2. The molecule has 0 unspecified atom stereocenters. The number of nitrogens with zero attached hydrogens (tertiary/aromatic N) is 2. The number of carboxylic acids is 1. The maximum atomic E-state index is 14.5. The highest BCUT2D eigenvalue weighted by molar-refractivity contribution is 6.31. The molecule has 3 fully saturated rings. The van der Waals surface area contributed by atoms with Crippen molar-refractivity contribution in [1.82, 2.24) is 4.90 Å². The minimum absolute atomic E-state index is 0.0127. The van der Waals surface area contributed by atoms with Crippen LogP contribution in [0.5, 0.6) is 5.75 Å². The van der Waals surface area contributed by atoms with Gasteiger partial charge in [-0.15, -0.1) is 6.58 Å². The second kappa shape index (κ2) is 12.4. The molecule has 2 heterocycles. The number of fused-ring (bicyclic) bond motifs is 4. The van der Waals surface area contributed by atoms with Crippen molar-refractivity contribution in [3.05, 3.63) is 82.7 Å². The fraction of sp³-hybridized carbons (Fsp3) is 0.417. The number of hydrogen-bond donors (Lipinski definition) is 2. The van der Waals surface area contributed by atoms with Gasteiger partial charge >= 0.3 is 5.97 Å². The maximum Gasteiger partial charge on any atom is 0.303 e. The fourth-order valence-corrected chi connectivity index (χ4v) is 8.58. The van der Waals surface area contributed by atoms with Crippen LogP contribution in [0.1, 0.15) is 62.5 Å². The van der Waals surface area contributed by atoms with Gasteiger partial charge in [0.15, 0.2) is 0 Å². The summed E-state index contributed by atoms with van der Waals surface area (Å²) in [4.78, 5) is 69.6. The number of aromatic hydroxyl groups is 1. The van der Waals surface area contributed by atoms with Crippen molar-refractivity contribution in [2.24, 2.45) is 29.1 Å². The number of hydrogen-bond acceptors (Lipinski definition) is 6. The van der Waals surface area contributed by atoms with Gasteiger partial charge < -0.3 is 10.2 Å². The molecule has 1 saturated carbocycles. The number of carboxylic acid groups (broad SMARTS) is 1. The minimum atomic E-state index is -1.38. The lowest BCUT2D eigenvalue weighted by molar-refractivity contribution is -0.141. The van der Waals surface area contributed by atoms with Crippen LogP contribution in [0.3, 0.4) is 0 Å². The van der Waals surface area contributed by atoms with Gasteiger partial charge in [-0.1, -0.05) is 53.9 Å². The van der Waals surface area contributed by atoms with Gasteiger partial charge in [0.25, 0.3) is 0 Å². The van der Waals surface area contributed by atoms with E-state index in [1.54, 1.807) is 31.2 Å². The number of amides is 4. The lowest BCUT2D eigenvalue weighted by Crippen LogP contribution is -2.49. The van der Waals surface area contributed by atoms with Crippen LogP contribution in [0.15, 0.2) is 60.7 Å². The lowest BCUT2D eigenvalue weighted by Gasteiger charge is -2.49. The molecule has 2 saturated heterocycles. The van der Waals surface area contributed by atoms with Gasteiger partial charge in [-0.25, -0.2) is 9.29 Å². The Morgan fingerprint density at radius 2 is 1.85 bits per heavy atom. The largest absolute Gasteiger partial charge is 0.507 e. The van der Waals surface area contributed by atoms with E-state index in [-0.39, 0.29) is 54.1 Å². The number of imide groups is 2. The average molecular weight is 663 g/mol. The van der Waals surface area contributed by atoms with Crippen LogP contribution in [-0.4, -0.2) is 51.3 Å². The number of rotatable bonds is 10. The van der Waals surface area contributed by atoms with E-state index in [0.717, 1.165) is 16.5 Å². The highest BCUT2D eigenvalue weighted by Crippen LogP contribution is 2.64. The quantitative estimate of drug-likeness (QED) is 0.187. The van der Waals surface area contributed by atoms with E-state index in [1.165, 1.54) is 17.0 Å². The summed E-state index contributed by atoms with van der Waals surface area (Å²) >= 11 is 6.06. The number of carbonyl (C=O) groups excluding carboxylic acids is 4. The van der Waals surface area contributed by atoms with Gasteiger partial charge in [0.05, 0.1) is 33.9 Å².